The van der Waals surface area contributed by atoms with Crippen LogP contribution in [-0.2, 0) is 34.7 Å². The molecular formula is C76H108N19O11S+. The molecule has 31 heteroatoms. The van der Waals surface area contributed by atoms with Gasteiger partial charge in [0.25, 0.3) is 21.9 Å². The van der Waals surface area contributed by atoms with Crippen LogP contribution >= 0.6 is 0 Å². The Morgan fingerprint density at radius 3 is 1.37 bits per heavy atom. The summed E-state index contributed by atoms with van der Waals surface area (Å²) in [6.45, 7) is 13.4. The second-order valence-electron chi connectivity index (χ2n) is 30.9. The molecule has 107 heavy (non-hydrogen) atoms. The fourth-order valence-electron chi connectivity index (χ4n) is 16.2. The molecule has 11 N–H and O–H groups in total. The average Bonchev–Trinajstić information content (AvgIpc) is 1.57. The van der Waals surface area contributed by atoms with Crippen molar-refractivity contribution in [1.82, 2.24) is 56.2 Å². The summed E-state index contributed by atoms with van der Waals surface area (Å²) in [7, 11) is -4.19. The molecule has 0 radical (unpaired) electrons. The number of amides is 4. The topological polar surface area (TPSA) is 407 Å². The van der Waals surface area contributed by atoms with E-state index >= 15 is 0 Å². The van der Waals surface area contributed by atoms with E-state index in [0.29, 0.717) is 210 Å². The monoisotopic (exact) mass is 1490 g/mol. The van der Waals surface area contributed by atoms with E-state index in [1.54, 1.807) is 12.1 Å². The molecule has 12 rings (SSSR count). The Hall–Kier alpha value is -8.81. The first kappa shape index (κ1) is 77.8. The lowest BCUT2D eigenvalue weighted by Crippen LogP contribution is -2.46. The van der Waals surface area contributed by atoms with Crippen LogP contribution in [-0.4, -0.2) is 219 Å². The lowest BCUT2D eigenvalue weighted by molar-refractivity contribution is -0.437. The zero-order chi connectivity index (χ0) is 75.5. The van der Waals surface area contributed by atoms with Gasteiger partial charge in [-0.1, -0.05) is 31.0 Å². The summed E-state index contributed by atoms with van der Waals surface area (Å²) in [6.07, 6.45) is 14.8. The highest BCUT2D eigenvalue weighted by atomic mass is 32.2. The number of aliphatic carboxylic acids is 2. The Morgan fingerprint density at radius 1 is 0.523 bits per heavy atom. The third-order valence-corrected chi connectivity index (χ3v) is 23.9. The highest BCUT2D eigenvalue weighted by molar-refractivity contribution is 7.85. The van der Waals surface area contributed by atoms with Crippen molar-refractivity contribution in [3.63, 3.8) is 0 Å². The second-order valence-corrected chi connectivity index (χ2v) is 32.5. The molecular weight excluding hydrogens is 1390 g/mol. The lowest BCUT2D eigenvalue weighted by Gasteiger charge is -2.35. The Kier molecular flexibility index (Phi) is 25.5. The molecule has 0 spiro atoms. The normalized spacial score (nSPS) is 20.1. The first-order valence-corrected chi connectivity index (χ1v) is 40.6. The number of fused-ring (bicyclic) bond motifs is 3. The number of benzene rings is 2. The van der Waals surface area contributed by atoms with Crippen molar-refractivity contribution in [2.45, 2.75) is 204 Å². The van der Waals surface area contributed by atoms with Gasteiger partial charge in [0.15, 0.2) is 5.71 Å². The SMILES string of the molecule is CC1=[N+](CCCS(=O)(=O)O)c2c(cc(-c3cc(C(=O)NCCCCCC(=O)NC4CCN(c5nc(C6CCC(N)CC6)nc(N6CCC(C(=O)O)CC6)n5)CC4)nc(C(=O)NCCCCCC(=O)NC4CCN(c5nc(N6CCC(N)CC6)nc(N6CCC(C(=O)O)CC6)n5)CC4)c3)c3ccccc23)C1(C)C. The lowest BCUT2D eigenvalue weighted by atomic mass is 9.79. The van der Waals surface area contributed by atoms with E-state index < -0.39 is 39.3 Å². The molecule has 2 aromatic carbocycles. The first-order chi connectivity index (χ1) is 51.4. The van der Waals surface area contributed by atoms with Crippen molar-refractivity contribution in [3.05, 3.63) is 65.2 Å². The largest absolute Gasteiger partial charge is 0.481 e. The predicted octanol–water partition coefficient (Wildman–Crippen LogP) is 6.61. The maximum absolute atomic E-state index is 14.3. The van der Waals surface area contributed by atoms with Crippen molar-refractivity contribution in [1.29, 1.82) is 0 Å². The number of nitrogens with two attached hydrogens (primary N) is 2. The molecule has 578 valence electrons. The van der Waals surface area contributed by atoms with Gasteiger partial charge in [0.2, 0.25) is 47.2 Å². The van der Waals surface area contributed by atoms with E-state index in [9.17, 15) is 52.0 Å². The van der Waals surface area contributed by atoms with Crippen molar-refractivity contribution in [2.75, 3.05) is 115 Å². The molecule has 6 aliphatic heterocycles. The molecule has 5 saturated heterocycles. The number of carbonyl (C=O) groups is 6. The fourth-order valence-corrected chi connectivity index (χ4v) is 16.7. The Morgan fingerprint density at radius 2 is 0.935 bits per heavy atom. The molecule has 1 aliphatic carbocycles. The second kappa shape index (κ2) is 35.0. The first-order valence-electron chi connectivity index (χ1n) is 38.9. The van der Waals surface area contributed by atoms with Gasteiger partial charge in [-0.3, -0.25) is 33.3 Å². The number of piperidine rings is 5. The van der Waals surface area contributed by atoms with E-state index in [1.165, 1.54) is 0 Å². The summed E-state index contributed by atoms with van der Waals surface area (Å²) in [4.78, 5) is 124. The number of pyridine rings is 1. The molecule has 30 nitrogen and oxygen atoms in total. The van der Waals surface area contributed by atoms with Crippen molar-refractivity contribution < 1.29 is 56.5 Å². The minimum absolute atomic E-state index is 0.0145. The van der Waals surface area contributed by atoms with E-state index in [-0.39, 0.29) is 77.3 Å². The van der Waals surface area contributed by atoms with Gasteiger partial charge in [-0.05, 0) is 170 Å². The zero-order valence-corrected chi connectivity index (χ0v) is 63.0. The summed E-state index contributed by atoms with van der Waals surface area (Å²) in [5.74, 6) is 0.183. The van der Waals surface area contributed by atoms with Crippen LogP contribution in [0.15, 0.2) is 42.5 Å². The standard InChI is InChI=1S/C76H107N19O11S/c1-48-76(2,3)60-47-59(57-13-8-9-14-58(57)65(60)95(48)33-12-44-107(104,105)106)52-45-61(67(98)79-31-10-4-6-15-63(96)81-55-27-40-93(41-28-55)72-85-66(49-17-19-53(77)20-18-49)84-71(86-72)90-34-21-50(22-35-90)69(100)101)83-62(46-52)68(99)80-32-11-5-7-16-64(97)82-56-29-42-94(43-30-56)75-88-73(91-36-23-51(24-37-91)70(102)103)87-74(89-75)92-38-25-54(78)26-39-92/h8-9,13-14,45-47,49-51,53-56H,4-7,10-12,15-44,77-78H2,1-3H3,(H6-,79,80,81,82,96,97,98,99,100,101,102,103,104,105,106)/p+1. The Bertz CT molecular complexity index is 3990. The summed E-state index contributed by atoms with van der Waals surface area (Å²) in [5.41, 5.74) is 16.4. The van der Waals surface area contributed by atoms with Crippen LogP contribution < -0.4 is 57.2 Å². The van der Waals surface area contributed by atoms with E-state index in [1.807, 2.05) is 31.2 Å². The number of nitrogens with one attached hydrogen (secondary N) is 4. The Labute approximate surface area is 626 Å². The number of carboxylic acid groups (broad SMARTS) is 2. The zero-order valence-electron chi connectivity index (χ0n) is 62.2. The van der Waals surface area contributed by atoms with Crippen molar-refractivity contribution in [2.24, 2.45) is 23.3 Å². The van der Waals surface area contributed by atoms with E-state index in [4.69, 9.17) is 41.4 Å². The quantitative estimate of drug-likeness (QED) is 0.0138. The molecule has 0 unspecified atom stereocenters. The smallest absolute Gasteiger partial charge is 0.306 e. The van der Waals surface area contributed by atoms with Gasteiger partial charge in [-0.25, -0.2) is 4.98 Å². The van der Waals surface area contributed by atoms with Gasteiger partial charge in [-0.15, -0.1) is 0 Å². The molecule has 3 aromatic heterocycles. The van der Waals surface area contributed by atoms with Crippen LogP contribution in [0.4, 0.5) is 35.4 Å². The maximum Gasteiger partial charge on any atom is 0.306 e. The molecule has 5 aromatic rings. The van der Waals surface area contributed by atoms with Gasteiger partial charge in [0.1, 0.15) is 23.8 Å². The van der Waals surface area contributed by atoms with Crippen LogP contribution in [0.5, 0.6) is 0 Å². The van der Waals surface area contributed by atoms with Crippen LogP contribution in [0.2, 0.25) is 0 Å². The molecule has 7 aliphatic rings. The summed E-state index contributed by atoms with van der Waals surface area (Å²) >= 11 is 0. The van der Waals surface area contributed by atoms with Gasteiger partial charge in [-0.2, -0.15) is 42.9 Å². The maximum atomic E-state index is 14.3. The number of anilines is 5. The number of carbonyl (C=O) groups excluding carboxylic acids is 4. The molecule has 0 bridgehead atoms. The number of aromatic nitrogens is 7. The van der Waals surface area contributed by atoms with Crippen molar-refractivity contribution >= 4 is 97.6 Å². The minimum atomic E-state index is -4.19. The van der Waals surface area contributed by atoms with Gasteiger partial charge >= 0.3 is 11.9 Å². The van der Waals surface area contributed by atoms with Crippen LogP contribution in [0.25, 0.3) is 21.9 Å². The molecule has 9 heterocycles. The molecule has 0 atom stereocenters. The van der Waals surface area contributed by atoms with Crippen molar-refractivity contribution in [3.8, 4) is 11.1 Å². The third-order valence-electron chi connectivity index (χ3n) is 23.1. The van der Waals surface area contributed by atoms with Crippen LogP contribution in [0.1, 0.15) is 207 Å². The number of rotatable bonds is 29. The molecule has 1 saturated carbocycles. The number of carboxylic acids is 2. The third kappa shape index (κ3) is 19.7. The molecule has 4 amide bonds. The number of hydrogen-bond donors (Lipinski definition) is 9. The summed E-state index contributed by atoms with van der Waals surface area (Å²) in [5, 5.41) is 33.5. The fraction of sp³-hybridized carbons (Fsp3) is 0.632. The minimum Gasteiger partial charge on any atom is -0.481 e. The van der Waals surface area contributed by atoms with Gasteiger partial charge < -0.3 is 67.4 Å². The van der Waals surface area contributed by atoms with Crippen LogP contribution in [0, 0.1) is 11.8 Å². The number of unbranched alkanes of at least 4 members (excludes halogenated alkanes) is 4. The number of hydrogen-bond acceptors (Lipinski definition) is 22. The molecule has 6 fully saturated rings. The van der Waals surface area contributed by atoms with Gasteiger partial charge in [0.05, 0.1) is 28.4 Å². The summed E-state index contributed by atoms with van der Waals surface area (Å²) < 4.78 is 35.4. The van der Waals surface area contributed by atoms with E-state index in [0.717, 1.165) is 90.7 Å². The summed E-state index contributed by atoms with van der Waals surface area (Å²) in [6, 6.07) is 13.6. The highest BCUT2D eigenvalue weighted by Gasteiger charge is 2.45. The number of nitrogens with zero attached hydrogens (tertiary/aromatic N) is 13. The van der Waals surface area contributed by atoms with Gasteiger partial charge in [0, 0.05) is 140 Å². The Balaban J connectivity index is 0.636. The highest BCUT2D eigenvalue weighted by Crippen LogP contribution is 2.48. The van der Waals surface area contributed by atoms with E-state index in [2.05, 4.69) is 75.2 Å². The predicted molar refractivity (Wildman–Crippen MR) is 408 cm³/mol. The van der Waals surface area contributed by atoms with Crippen LogP contribution in [0.3, 0.4) is 0 Å². The average molecular weight is 1500 g/mol.